The fourth-order valence-corrected chi connectivity index (χ4v) is 4.17. The van der Waals surface area contributed by atoms with Crippen LogP contribution in [0.4, 0.5) is 0 Å². The van der Waals surface area contributed by atoms with E-state index in [-0.39, 0.29) is 0 Å². The van der Waals surface area contributed by atoms with Gasteiger partial charge in [-0.1, -0.05) is 60.7 Å². The zero-order valence-corrected chi connectivity index (χ0v) is 18.3. The van der Waals surface area contributed by atoms with Crippen molar-refractivity contribution in [2.75, 3.05) is 13.2 Å². The van der Waals surface area contributed by atoms with Gasteiger partial charge in [-0.2, -0.15) is 0 Å². The molecule has 1 unspecified atom stereocenters. The number of carboxylic acid groups (broad SMARTS) is 1. The molecule has 32 heavy (non-hydrogen) atoms. The lowest BCUT2D eigenvalue weighted by Gasteiger charge is -2.17. The first kappa shape index (κ1) is 21.8. The summed E-state index contributed by atoms with van der Waals surface area (Å²) >= 11 is 0. The summed E-state index contributed by atoms with van der Waals surface area (Å²) in [4.78, 5) is 11.3. The molecule has 0 radical (unpaired) electrons. The molecule has 0 bridgehead atoms. The number of hydrogen-bond donors (Lipinski definition) is 1. The normalized spacial score (nSPS) is 17.0. The first-order valence-electron chi connectivity index (χ1n) is 11.1. The third-order valence-corrected chi connectivity index (χ3v) is 5.77. The van der Waals surface area contributed by atoms with Crippen LogP contribution in [0, 0.1) is 0 Å². The van der Waals surface area contributed by atoms with Crippen molar-refractivity contribution in [1.82, 2.24) is 0 Å². The molecule has 2 aliphatic rings. The summed E-state index contributed by atoms with van der Waals surface area (Å²) in [5.74, 6) is -0.188. The molecular formula is C28H28O4. The van der Waals surface area contributed by atoms with Gasteiger partial charge in [-0.3, -0.25) is 0 Å². The fraction of sp³-hybridized carbons (Fsp3) is 0.250. The van der Waals surface area contributed by atoms with Gasteiger partial charge in [0.25, 0.3) is 0 Å². The number of rotatable bonds is 8. The Kier molecular flexibility index (Phi) is 7.03. The van der Waals surface area contributed by atoms with Crippen LogP contribution in [0.3, 0.4) is 0 Å². The Morgan fingerprint density at radius 3 is 2.72 bits per heavy atom. The predicted octanol–water partition coefficient (Wildman–Crippen LogP) is 5.55. The van der Waals surface area contributed by atoms with Crippen molar-refractivity contribution in [3.8, 4) is 5.75 Å². The molecule has 4 rings (SSSR count). The van der Waals surface area contributed by atoms with E-state index in [1.54, 1.807) is 6.92 Å². The highest BCUT2D eigenvalue weighted by molar-refractivity contribution is 5.87. The highest BCUT2D eigenvalue weighted by Crippen LogP contribution is 2.37. The molecule has 0 saturated heterocycles. The van der Waals surface area contributed by atoms with E-state index in [0.29, 0.717) is 19.6 Å². The highest BCUT2D eigenvalue weighted by atomic mass is 16.5. The van der Waals surface area contributed by atoms with Crippen LogP contribution < -0.4 is 4.74 Å². The Labute approximate surface area is 189 Å². The van der Waals surface area contributed by atoms with Crippen LogP contribution >= 0.6 is 0 Å². The van der Waals surface area contributed by atoms with E-state index >= 15 is 0 Å². The molecule has 2 aromatic rings. The molecular weight excluding hydrogens is 400 g/mol. The van der Waals surface area contributed by atoms with Crippen LogP contribution in [0.1, 0.15) is 30.0 Å². The number of carboxylic acids is 1. The molecule has 0 fully saturated rings. The van der Waals surface area contributed by atoms with E-state index in [9.17, 15) is 9.90 Å². The Balaban J connectivity index is 1.48. The Hall–Kier alpha value is -3.37. The van der Waals surface area contributed by atoms with E-state index in [0.717, 1.165) is 24.2 Å². The van der Waals surface area contributed by atoms with Gasteiger partial charge >= 0.3 is 5.97 Å². The second kappa shape index (κ2) is 10.3. The first-order valence-corrected chi connectivity index (χ1v) is 11.1. The number of carbonyl (C=O) groups is 1. The number of ether oxygens (including phenoxy) is 2. The van der Waals surface area contributed by atoms with Gasteiger partial charge in [0.1, 0.15) is 12.4 Å². The van der Waals surface area contributed by atoms with Gasteiger partial charge in [0.05, 0.1) is 0 Å². The van der Waals surface area contributed by atoms with Gasteiger partial charge in [-0.25, -0.2) is 4.79 Å². The lowest BCUT2D eigenvalue weighted by Crippen LogP contribution is -2.26. The Morgan fingerprint density at radius 1 is 1.12 bits per heavy atom. The Bertz CT molecular complexity index is 1090. The van der Waals surface area contributed by atoms with Gasteiger partial charge in [-0.05, 0) is 71.4 Å². The van der Waals surface area contributed by atoms with Gasteiger partial charge in [-0.15, -0.1) is 0 Å². The van der Waals surface area contributed by atoms with Crippen LogP contribution in [0.5, 0.6) is 5.75 Å². The van der Waals surface area contributed by atoms with Crippen LogP contribution in [-0.4, -0.2) is 30.4 Å². The summed E-state index contributed by atoms with van der Waals surface area (Å²) in [6.45, 7) is 2.62. The third kappa shape index (κ3) is 5.09. The van der Waals surface area contributed by atoms with Gasteiger partial charge in [0, 0.05) is 13.0 Å². The number of benzene rings is 2. The molecule has 0 amide bonds. The van der Waals surface area contributed by atoms with Crippen molar-refractivity contribution in [2.24, 2.45) is 0 Å². The summed E-state index contributed by atoms with van der Waals surface area (Å²) in [7, 11) is 0. The van der Waals surface area contributed by atoms with Crippen molar-refractivity contribution < 1.29 is 19.4 Å². The predicted molar refractivity (Wildman–Crippen MR) is 127 cm³/mol. The lowest BCUT2D eigenvalue weighted by atomic mass is 9.88. The molecule has 0 spiro atoms. The van der Waals surface area contributed by atoms with Crippen LogP contribution in [0.2, 0.25) is 0 Å². The maximum atomic E-state index is 11.3. The molecule has 2 aliphatic carbocycles. The number of hydrogen-bond acceptors (Lipinski definition) is 3. The highest BCUT2D eigenvalue weighted by Gasteiger charge is 2.20. The van der Waals surface area contributed by atoms with Crippen molar-refractivity contribution in [2.45, 2.75) is 32.3 Å². The first-order chi connectivity index (χ1) is 15.7. The molecule has 1 atom stereocenters. The minimum absolute atomic E-state index is 0.334. The molecule has 164 valence electrons. The molecule has 1 N–H and O–H groups in total. The smallest absolute Gasteiger partial charge is 0.333 e. The van der Waals surface area contributed by atoms with Crippen LogP contribution in [-0.2, 0) is 22.4 Å². The molecule has 0 aromatic heterocycles. The quantitative estimate of drug-likeness (QED) is 0.599. The average molecular weight is 429 g/mol. The molecule has 2 aromatic carbocycles. The second-order valence-corrected chi connectivity index (χ2v) is 7.86. The van der Waals surface area contributed by atoms with Gasteiger partial charge in [0.15, 0.2) is 6.10 Å². The minimum atomic E-state index is -0.942. The second-order valence-electron chi connectivity index (χ2n) is 7.86. The topological polar surface area (TPSA) is 55.8 Å². The summed E-state index contributed by atoms with van der Waals surface area (Å²) in [6, 6.07) is 16.1. The molecule has 4 nitrogen and oxygen atoms in total. The molecule has 4 heteroatoms. The van der Waals surface area contributed by atoms with Crippen molar-refractivity contribution >= 4 is 11.5 Å². The maximum absolute atomic E-state index is 11.3. The lowest BCUT2D eigenvalue weighted by molar-refractivity contribution is -0.149. The zero-order valence-electron chi connectivity index (χ0n) is 18.3. The van der Waals surface area contributed by atoms with Crippen molar-refractivity contribution in [3.05, 3.63) is 107 Å². The summed E-state index contributed by atoms with van der Waals surface area (Å²) in [5.41, 5.74) is 7.34. The SMILES string of the molecule is CCOC(Cc1ccc(OC/C=C2/C3=CC=CCC3=CCc3ccccc32)cc1)C(=O)O. The number of allylic oxidation sites excluding steroid dienone is 7. The zero-order chi connectivity index (χ0) is 22.3. The number of fused-ring (bicyclic) bond motifs is 2. The fourth-order valence-electron chi connectivity index (χ4n) is 4.17. The van der Waals surface area contributed by atoms with Gasteiger partial charge < -0.3 is 14.6 Å². The van der Waals surface area contributed by atoms with E-state index in [4.69, 9.17) is 9.47 Å². The monoisotopic (exact) mass is 428 g/mol. The van der Waals surface area contributed by atoms with Crippen LogP contribution in [0.15, 0.2) is 90.1 Å². The van der Waals surface area contributed by atoms with Crippen molar-refractivity contribution in [1.29, 1.82) is 0 Å². The minimum Gasteiger partial charge on any atom is -0.490 e. The van der Waals surface area contributed by atoms with Crippen LogP contribution in [0.25, 0.3) is 5.57 Å². The molecule has 0 aliphatic heterocycles. The molecule has 0 saturated carbocycles. The number of aliphatic carboxylic acids is 1. The van der Waals surface area contributed by atoms with Gasteiger partial charge in [0.2, 0.25) is 0 Å². The summed E-state index contributed by atoms with van der Waals surface area (Å²) in [5, 5.41) is 9.26. The standard InChI is InChI=1S/C28H28O4/c1-2-31-27(28(29)30)19-20-11-15-23(16-12-20)32-18-17-26-24-9-5-3-7-21(24)13-14-22-8-4-6-10-25(22)26/h3-7,9-12,14-17,27H,2,8,13,18-19H2,1H3,(H,29,30)/b26-17+. The Morgan fingerprint density at radius 2 is 1.94 bits per heavy atom. The van der Waals surface area contributed by atoms with E-state index < -0.39 is 12.1 Å². The largest absolute Gasteiger partial charge is 0.490 e. The average Bonchev–Trinajstić information content (AvgIpc) is 2.97. The van der Waals surface area contributed by atoms with Crippen molar-refractivity contribution in [3.63, 3.8) is 0 Å². The molecule has 0 heterocycles. The van der Waals surface area contributed by atoms with E-state index in [2.05, 4.69) is 54.6 Å². The maximum Gasteiger partial charge on any atom is 0.333 e. The summed E-state index contributed by atoms with van der Waals surface area (Å²) < 4.78 is 11.3. The van der Waals surface area contributed by atoms with E-state index in [1.807, 2.05) is 24.3 Å². The third-order valence-electron chi connectivity index (χ3n) is 5.77. The summed E-state index contributed by atoms with van der Waals surface area (Å²) in [6.07, 6.45) is 12.4. The van der Waals surface area contributed by atoms with E-state index in [1.165, 1.54) is 27.8 Å².